The second kappa shape index (κ2) is 6.41. The Labute approximate surface area is 152 Å². The number of rotatable bonds is 5. The Morgan fingerprint density at radius 1 is 1.32 bits per heavy atom. The van der Waals surface area contributed by atoms with Gasteiger partial charge in [-0.05, 0) is 37.8 Å². The predicted octanol–water partition coefficient (Wildman–Crippen LogP) is 2.70. The van der Waals surface area contributed by atoms with Gasteiger partial charge in [-0.25, -0.2) is 13.4 Å². The van der Waals surface area contributed by atoms with Crippen LogP contribution in [0.4, 0.5) is 5.13 Å². The molecule has 0 spiro atoms. The largest absolute Gasteiger partial charge is 0.497 e. The van der Waals surface area contributed by atoms with Crippen molar-refractivity contribution in [1.29, 1.82) is 0 Å². The number of ether oxygens (including phenoxy) is 1. The first-order valence-electron chi connectivity index (χ1n) is 8.65. The third-order valence-electron chi connectivity index (χ3n) is 5.11. The Kier molecular flexibility index (Phi) is 4.37. The molecular weight excluding hydrogens is 358 g/mol. The molecule has 2 aromatic rings. The molecule has 25 heavy (non-hydrogen) atoms. The fourth-order valence-corrected chi connectivity index (χ4v) is 6.16. The number of thiazole rings is 1. The lowest BCUT2D eigenvalue weighted by molar-refractivity contribution is 0.320. The molecule has 1 atom stereocenters. The van der Waals surface area contributed by atoms with Crippen LogP contribution in [0.1, 0.15) is 25.7 Å². The number of nitrogens with zero attached hydrogens (tertiary/aromatic N) is 3. The van der Waals surface area contributed by atoms with E-state index in [0.717, 1.165) is 53.3 Å². The lowest BCUT2D eigenvalue weighted by Crippen LogP contribution is -2.49. The van der Waals surface area contributed by atoms with Crippen LogP contribution < -0.4 is 9.64 Å². The molecule has 0 amide bonds. The summed E-state index contributed by atoms with van der Waals surface area (Å²) in [6, 6.07) is 5.95. The lowest BCUT2D eigenvalue weighted by Gasteiger charge is -2.37. The van der Waals surface area contributed by atoms with E-state index in [1.165, 1.54) is 0 Å². The van der Waals surface area contributed by atoms with Crippen LogP contribution in [0.15, 0.2) is 18.2 Å². The molecule has 1 aromatic carbocycles. The summed E-state index contributed by atoms with van der Waals surface area (Å²) in [4.78, 5) is 6.97. The molecule has 2 heterocycles. The highest BCUT2D eigenvalue weighted by Crippen LogP contribution is 2.35. The van der Waals surface area contributed by atoms with Gasteiger partial charge in [-0.1, -0.05) is 11.3 Å². The van der Waals surface area contributed by atoms with E-state index < -0.39 is 10.0 Å². The first-order valence-corrected chi connectivity index (χ1v) is 11.0. The van der Waals surface area contributed by atoms with E-state index in [1.54, 1.807) is 29.8 Å². The van der Waals surface area contributed by atoms with E-state index in [1.807, 2.05) is 18.2 Å². The zero-order valence-corrected chi connectivity index (χ0v) is 16.1. The van der Waals surface area contributed by atoms with Gasteiger partial charge in [-0.15, -0.1) is 0 Å². The first kappa shape index (κ1) is 17.1. The second-order valence-corrected chi connectivity index (χ2v) is 10.1. The van der Waals surface area contributed by atoms with Crippen molar-refractivity contribution < 1.29 is 13.2 Å². The molecule has 2 fully saturated rings. The van der Waals surface area contributed by atoms with Crippen LogP contribution >= 0.6 is 11.3 Å². The van der Waals surface area contributed by atoms with Crippen molar-refractivity contribution in [3.63, 3.8) is 0 Å². The third kappa shape index (κ3) is 3.22. The van der Waals surface area contributed by atoms with Crippen LogP contribution in [0.5, 0.6) is 5.75 Å². The van der Waals surface area contributed by atoms with Crippen molar-refractivity contribution in [2.24, 2.45) is 0 Å². The highest BCUT2D eigenvalue weighted by Gasteiger charge is 2.41. The van der Waals surface area contributed by atoms with Gasteiger partial charge < -0.3 is 9.64 Å². The third-order valence-corrected chi connectivity index (χ3v) is 8.62. The van der Waals surface area contributed by atoms with E-state index in [4.69, 9.17) is 9.72 Å². The number of fused-ring (bicyclic) bond motifs is 1. The molecule has 6 nitrogen and oxygen atoms in total. The average molecular weight is 382 g/mol. The zero-order valence-electron chi connectivity index (χ0n) is 14.5. The van der Waals surface area contributed by atoms with Crippen molar-refractivity contribution in [3.05, 3.63) is 18.2 Å². The number of hydrogen-bond acceptors (Lipinski definition) is 6. The van der Waals surface area contributed by atoms with Crippen molar-refractivity contribution >= 4 is 36.7 Å². The van der Waals surface area contributed by atoms with Gasteiger partial charge in [0, 0.05) is 32.2 Å². The molecule has 2 aliphatic rings. The van der Waals surface area contributed by atoms with Gasteiger partial charge in [0.1, 0.15) is 5.75 Å². The van der Waals surface area contributed by atoms with E-state index >= 15 is 0 Å². The van der Waals surface area contributed by atoms with Gasteiger partial charge >= 0.3 is 0 Å². The molecular formula is C17H23N3O3S2. The normalized spacial score (nSPS) is 21.9. The smallest absolute Gasteiger partial charge is 0.217 e. The Balaban J connectivity index is 1.54. The van der Waals surface area contributed by atoms with Crippen LogP contribution in [0.3, 0.4) is 0 Å². The molecule has 1 aromatic heterocycles. The van der Waals surface area contributed by atoms with Crippen LogP contribution in [0.25, 0.3) is 10.2 Å². The highest BCUT2D eigenvalue weighted by molar-refractivity contribution is 7.90. The van der Waals surface area contributed by atoms with Crippen LogP contribution in [0.2, 0.25) is 0 Å². The summed E-state index contributed by atoms with van der Waals surface area (Å²) in [6.07, 6.45) is 3.51. The van der Waals surface area contributed by atoms with Gasteiger partial charge in [0.25, 0.3) is 0 Å². The maximum Gasteiger partial charge on any atom is 0.217 e. The molecule has 4 rings (SSSR count). The Morgan fingerprint density at radius 3 is 2.84 bits per heavy atom. The molecule has 1 aliphatic heterocycles. The van der Waals surface area contributed by atoms with Gasteiger partial charge in [0.15, 0.2) is 5.13 Å². The summed E-state index contributed by atoms with van der Waals surface area (Å²) in [7, 11) is 0.262. The highest BCUT2D eigenvalue weighted by atomic mass is 32.2. The van der Waals surface area contributed by atoms with Gasteiger partial charge in [0.2, 0.25) is 10.0 Å². The molecule has 1 aliphatic carbocycles. The number of benzene rings is 1. The van der Waals surface area contributed by atoms with Gasteiger partial charge in [-0.3, -0.25) is 0 Å². The fourth-order valence-electron chi connectivity index (χ4n) is 3.39. The van der Waals surface area contributed by atoms with Crippen molar-refractivity contribution in [2.45, 2.75) is 37.0 Å². The molecule has 1 unspecified atom stereocenters. The summed E-state index contributed by atoms with van der Waals surface area (Å²) in [5.74, 6) is 0.802. The molecule has 8 heteroatoms. The molecule has 0 bridgehead atoms. The van der Waals surface area contributed by atoms with E-state index in [9.17, 15) is 8.42 Å². The zero-order chi connectivity index (χ0) is 17.6. The predicted molar refractivity (Wildman–Crippen MR) is 101 cm³/mol. The SMILES string of the molecule is COc1ccc2sc(N3CCCC(N(C)S(=O)(=O)C4CC4)C3)nc2c1. The van der Waals surface area contributed by atoms with E-state index in [0.29, 0.717) is 6.54 Å². The minimum absolute atomic E-state index is 0.0286. The second-order valence-electron chi connectivity index (χ2n) is 6.83. The number of aromatic nitrogens is 1. The topological polar surface area (TPSA) is 62.7 Å². The molecule has 1 saturated heterocycles. The molecule has 0 N–H and O–H groups in total. The summed E-state index contributed by atoms with van der Waals surface area (Å²) in [6.45, 7) is 1.63. The minimum atomic E-state index is -3.13. The summed E-state index contributed by atoms with van der Waals surface area (Å²) >= 11 is 1.65. The summed E-state index contributed by atoms with van der Waals surface area (Å²) in [5.41, 5.74) is 0.931. The standard InChI is InChI=1S/C17H23N3O3S2/c1-19(25(21,22)14-6-7-14)12-4-3-9-20(11-12)17-18-15-10-13(23-2)5-8-16(15)24-17/h5,8,10,12,14H,3-4,6-7,9,11H2,1-2H3. The Hall–Kier alpha value is -1.38. The van der Waals surface area contributed by atoms with Gasteiger partial charge in [0.05, 0.1) is 22.6 Å². The average Bonchev–Trinajstić information content (AvgIpc) is 3.41. The number of hydrogen-bond donors (Lipinski definition) is 0. The Morgan fingerprint density at radius 2 is 2.12 bits per heavy atom. The molecule has 1 saturated carbocycles. The van der Waals surface area contributed by atoms with Gasteiger partial charge in [-0.2, -0.15) is 4.31 Å². The lowest BCUT2D eigenvalue weighted by atomic mass is 10.1. The van der Waals surface area contributed by atoms with Crippen molar-refractivity contribution in [3.8, 4) is 5.75 Å². The number of methoxy groups -OCH3 is 1. The summed E-state index contributed by atoms with van der Waals surface area (Å²) in [5, 5.41) is 0.813. The van der Waals surface area contributed by atoms with Crippen molar-refractivity contribution in [1.82, 2.24) is 9.29 Å². The maximum atomic E-state index is 12.5. The summed E-state index contributed by atoms with van der Waals surface area (Å²) < 4.78 is 33.1. The number of sulfonamides is 1. The van der Waals surface area contributed by atoms with Crippen LogP contribution in [-0.4, -0.2) is 56.2 Å². The first-order chi connectivity index (χ1) is 12.0. The quantitative estimate of drug-likeness (QED) is 0.797. The monoisotopic (exact) mass is 381 g/mol. The fraction of sp³-hybridized carbons (Fsp3) is 0.588. The van der Waals surface area contributed by atoms with Crippen LogP contribution in [-0.2, 0) is 10.0 Å². The number of likely N-dealkylation sites (N-methyl/N-ethyl adjacent to an activating group) is 1. The van der Waals surface area contributed by atoms with E-state index in [-0.39, 0.29) is 11.3 Å². The minimum Gasteiger partial charge on any atom is -0.497 e. The van der Waals surface area contributed by atoms with Crippen LogP contribution in [0, 0.1) is 0 Å². The van der Waals surface area contributed by atoms with Crippen molar-refractivity contribution in [2.75, 3.05) is 32.1 Å². The molecule has 136 valence electrons. The maximum absolute atomic E-state index is 12.5. The Bertz CT molecular complexity index is 876. The number of anilines is 1. The molecule has 0 radical (unpaired) electrons. The van der Waals surface area contributed by atoms with E-state index in [2.05, 4.69) is 4.90 Å². The number of piperidine rings is 1.